The van der Waals surface area contributed by atoms with E-state index in [1.807, 2.05) is 19.9 Å². The maximum Gasteiger partial charge on any atom is 0.312 e. The van der Waals surface area contributed by atoms with Crippen molar-refractivity contribution in [3.05, 3.63) is 45.6 Å². The van der Waals surface area contributed by atoms with Gasteiger partial charge in [-0.25, -0.2) is 0 Å². The first-order valence-corrected chi connectivity index (χ1v) is 6.15. The molecule has 0 N–H and O–H groups in total. The summed E-state index contributed by atoms with van der Waals surface area (Å²) >= 11 is 0. The van der Waals surface area contributed by atoms with Gasteiger partial charge in [0.05, 0.1) is 16.6 Å². The summed E-state index contributed by atoms with van der Waals surface area (Å²) in [5.41, 5.74) is -0.0858. The van der Waals surface area contributed by atoms with Crippen molar-refractivity contribution in [3.63, 3.8) is 0 Å². The number of ether oxygens (including phenoxy) is 1. The number of hydrogen-bond acceptors (Lipinski definition) is 7. The zero-order chi connectivity index (χ0) is 15.4. The fourth-order valence-corrected chi connectivity index (χ4v) is 1.55. The first-order chi connectivity index (χ1) is 10.0. The van der Waals surface area contributed by atoms with Gasteiger partial charge in [0.25, 0.3) is 0 Å². The van der Waals surface area contributed by atoms with E-state index in [4.69, 9.17) is 14.5 Å². The molecule has 21 heavy (non-hydrogen) atoms. The van der Waals surface area contributed by atoms with Gasteiger partial charge in [-0.1, -0.05) is 19.0 Å². The number of benzene rings is 1. The van der Waals surface area contributed by atoms with E-state index in [9.17, 15) is 10.1 Å². The fraction of sp³-hybridized carbons (Fsp3) is 0.308. The third-order valence-corrected chi connectivity index (χ3v) is 2.62. The van der Waals surface area contributed by atoms with E-state index in [1.165, 1.54) is 12.1 Å². The van der Waals surface area contributed by atoms with Gasteiger partial charge in [0, 0.05) is 12.0 Å². The second-order valence-electron chi connectivity index (χ2n) is 4.54. The molecule has 0 aliphatic heterocycles. The number of nitro groups is 1. The van der Waals surface area contributed by atoms with Crippen molar-refractivity contribution in [2.24, 2.45) is 0 Å². The van der Waals surface area contributed by atoms with Crippen LogP contribution in [0.2, 0.25) is 0 Å². The summed E-state index contributed by atoms with van der Waals surface area (Å²) in [6, 6.07) is 5.81. The molecule has 0 amide bonds. The monoisotopic (exact) mass is 288 g/mol. The van der Waals surface area contributed by atoms with Gasteiger partial charge in [-0.05, 0) is 12.1 Å². The Balaban J connectivity index is 2.15. The van der Waals surface area contributed by atoms with E-state index in [-0.39, 0.29) is 29.5 Å². The van der Waals surface area contributed by atoms with Crippen molar-refractivity contribution in [2.75, 3.05) is 0 Å². The summed E-state index contributed by atoms with van der Waals surface area (Å²) in [6.45, 7) is 3.76. The second kappa shape index (κ2) is 6.00. The van der Waals surface area contributed by atoms with E-state index in [1.54, 1.807) is 0 Å². The van der Waals surface area contributed by atoms with Gasteiger partial charge in [-0.3, -0.25) is 10.1 Å². The van der Waals surface area contributed by atoms with Gasteiger partial charge < -0.3 is 9.26 Å². The molecule has 1 heterocycles. The van der Waals surface area contributed by atoms with Gasteiger partial charge in [0.2, 0.25) is 11.7 Å². The lowest BCUT2D eigenvalue weighted by Gasteiger charge is -2.04. The summed E-state index contributed by atoms with van der Waals surface area (Å²) in [5, 5.41) is 23.4. The lowest BCUT2D eigenvalue weighted by atomic mass is 10.2. The third kappa shape index (κ3) is 3.33. The van der Waals surface area contributed by atoms with Crippen LogP contribution in [0.3, 0.4) is 0 Å². The molecule has 8 heteroatoms. The standard InChI is InChI=1S/C13H12N4O4/c1-8(2)13-15-12(16-21-13)7-20-11-4-3-9(6-14)5-10(11)17(18)19/h3-5,8H,7H2,1-2H3. The maximum absolute atomic E-state index is 11.0. The predicted molar refractivity (Wildman–Crippen MR) is 70.5 cm³/mol. The van der Waals surface area contributed by atoms with Gasteiger partial charge in [0.15, 0.2) is 12.4 Å². The Morgan fingerprint density at radius 2 is 2.29 bits per heavy atom. The number of rotatable bonds is 5. The lowest BCUT2D eigenvalue weighted by molar-refractivity contribution is -0.386. The van der Waals surface area contributed by atoms with Crippen LogP contribution in [0.1, 0.15) is 37.0 Å². The number of nitriles is 1. The molecular formula is C13H12N4O4. The molecule has 1 aromatic heterocycles. The maximum atomic E-state index is 11.0. The van der Waals surface area contributed by atoms with Crippen LogP contribution in [0.5, 0.6) is 5.75 Å². The van der Waals surface area contributed by atoms with Gasteiger partial charge >= 0.3 is 5.69 Å². The molecule has 0 aliphatic carbocycles. The van der Waals surface area contributed by atoms with Gasteiger partial charge in [0.1, 0.15) is 0 Å². The Hall–Kier alpha value is -2.95. The topological polar surface area (TPSA) is 115 Å². The van der Waals surface area contributed by atoms with Crippen LogP contribution in [-0.2, 0) is 6.61 Å². The molecule has 0 aliphatic rings. The van der Waals surface area contributed by atoms with Crippen LogP contribution in [-0.4, -0.2) is 15.1 Å². The van der Waals surface area contributed by atoms with Crippen LogP contribution >= 0.6 is 0 Å². The highest BCUT2D eigenvalue weighted by Crippen LogP contribution is 2.28. The van der Waals surface area contributed by atoms with Crippen molar-refractivity contribution < 1.29 is 14.2 Å². The molecule has 0 saturated carbocycles. The second-order valence-corrected chi connectivity index (χ2v) is 4.54. The minimum Gasteiger partial charge on any atom is -0.478 e. The molecule has 1 aromatic carbocycles. The molecule has 0 bridgehead atoms. The first kappa shape index (κ1) is 14.5. The number of nitrogens with zero attached hydrogens (tertiary/aromatic N) is 4. The van der Waals surface area contributed by atoms with Crippen LogP contribution in [0.25, 0.3) is 0 Å². The molecule has 2 aromatic rings. The highest BCUT2D eigenvalue weighted by Gasteiger charge is 2.17. The summed E-state index contributed by atoms with van der Waals surface area (Å²) in [5.74, 6) is 0.922. The number of hydrogen-bond donors (Lipinski definition) is 0. The fourth-order valence-electron chi connectivity index (χ4n) is 1.55. The number of nitro benzene ring substituents is 1. The molecule has 0 spiro atoms. The van der Waals surface area contributed by atoms with Crippen LogP contribution in [0.4, 0.5) is 5.69 Å². The Kier molecular flexibility index (Phi) is 4.13. The van der Waals surface area contributed by atoms with Crippen LogP contribution in [0, 0.1) is 21.4 Å². The normalized spacial score (nSPS) is 10.4. The van der Waals surface area contributed by atoms with Crippen LogP contribution in [0.15, 0.2) is 22.7 Å². The molecule has 0 unspecified atom stereocenters. The Labute approximate surface area is 120 Å². The SMILES string of the molecule is CC(C)c1nc(COc2ccc(C#N)cc2[N+](=O)[O-])no1. The van der Waals surface area contributed by atoms with E-state index in [0.717, 1.165) is 6.07 Å². The first-order valence-electron chi connectivity index (χ1n) is 6.15. The largest absolute Gasteiger partial charge is 0.478 e. The molecule has 0 saturated heterocycles. The molecule has 0 fully saturated rings. The molecule has 0 atom stereocenters. The van der Waals surface area contributed by atoms with Crippen molar-refractivity contribution in [3.8, 4) is 11.8 Å². The van der Waals surface area contributed by atoms with Gasteiger partial charge in [-0.2, -0.15) is 10.2 Å². The van der Waals surface area contributed by atoms with E-state index >= 15 is 0 Å². The highest BCUT2D eigenvalue weighted by atomic mass is 16.6. The molecule has 2 rings (SSSR count). The number of aromatic nitrogens is 2. The zero-order valence-electron chi connectivity index (χ0n) is 11.4. The predicted octanol–water partition coefficient (Wildman–Crippen LogP) is 2.55. The average Bonchev–Trinajstić information content (AvgIpc) is 2.94. The Bertz CT molecular complexity index is 702. The molecule has 8 nitrogen and oxygen atoms in total. The van der Waals surface area contributed by atoms with Crippen LogP contribution < -0.4 is 4.74 Å². The van der Waals surface area contributed by atoms with Gasteiger partial charge in [-0.15, -0.1) is 0 Å². The van der Waals surface area contributed by atoms with Crippen molar-refractivity contribution in [1.29, 1.82) is 5.26 Å². The minimum absolute atomic E-state index is 0.0508. The van der Waals surface area contributed by atoms with Crippen molar-refractivity contribution >= 4 is 5.69 Å². The highest BCUT2D eigenvalue weighted by molar-refractivity contribution is 5.51. The summed E-state index contributed by atoms with van der Waals surface area (Å²) in [6.07, 6.45) is 0. The molecular weight excluding hydrogens is 276 g/mol. The summed E-state index contributed by atoms with van der Waals surface area (Å²) in [7, 11) is 0. The molecule has 0 radical (unpaired) electrons. The lowest BCUT2D eigenvalue weighted by Crippen LogP contribution is -2.01. The average molecular weight is 288 g/mol. The summed E-state index contributed by atoms with van der Waals surface area (Å²) < 4.78 is 10.4. The van der Waals surface area contributed by atoms with Crippen molar-refractivity contribution in [2.45, 2.75) is 26.4 Å². The van der Waals surface area contributed by atoms with E-state index in [0.29, 0.717) is 11.7 Å². The third-order valence-electron chi connectivity index (χ3n) is 2.62. The zero-order valence-corrected chi connectivity index (χ0v) is 11.4. The molecule has 108 valence electrons. The summed E-state index contributed by atoms with van der Waals surface area (Å²) in [4.78, 5) is 14.5. The quantitative estimate of drug-likeness (QED) is 0.613. The minimum atomic E-state index is -0.605. The van der Waals surface area contributed by atoms with Crippen molar-refractivity contribution in [1.82, 2.24) is 10.1 Å². The van der Waals surface area contributed by atoms with E-state index in [2.05, 4.69) is 10.1 Å². The smallest absolute Gasteiger partial charge is 0.312 e. The Morgan fingerprint density at radius 1 is 1.52 bits per heavy atom. The Morgan fingerprint density at radius 3 is 2.86 bits per heavy atom. The van der Waals surface area contributed by atoms with E-state index < -0.39 is 4.92 Å².